The lowest BCUT2D eigenvalue weighted by Gasteiger charge is -2.23. The fourth-order valence-corrected chi connectivity index (χ4v) is 2.42. The Balaban J connectivity index is 1.91. The molecule has 1 aromatic carbocycles. The summed E-state index contributed by atoms with van der Waals surface area (Å²) in [6.07, 6.45) is 0.0880. The van der Waals surface area contributed by atoms with Gasteiger partial charge < -0.3 is 4.74 Å². The maximum atomic E-state index is 12.1. The lowest BCUT2D eigenvalue weighted by atomic mass is 10.1. The van der Waals surface area contributed by atoms with Gasteiger partial charge in [0.15, 0.2) is 6.23 Å². The zero-order valence-electron chi connectivity index (χ0n) is 11.2. The molecule has 0 saturated carbocycles. The molecule has 0 aliphatic carbocycles. The van der Waals surface area contributed by atoms with Crippen molar-refractivity contribution in [2.45, 2.75) is 31.7 Å². The predicted molar refractivity (Wildman–Crippen MR) is 71.5 cm³/mol. The highest BCUT2D eigenvalue weighted by Crippen LogP contribution is 2.26. The van der Waals surface area contributed by atoms with Crippen LogP contribution in [0.2, 0.25) is 0 Å². The molecule has 0 radical (unpaired) electrons. The molecule has 2 heterocycles. The van der Waals surface area contributed by atoms with Gasteiger partial charge in [-0.3, -0.25) is 0 Å². The number of aromatic nitrogens is 2. The molecule has 1 aliphatic heterocycles. The van der Waals surface area contributed by atoms with Crippen molar-refractivity contribution in [1.29, 1.82) is 0 Å². The van der Waals surface area contributed by atoms with E-state index in [4.69, 9.17) is 4.74 Å². The van der Waals surface area contributed by atoms with Crippen molar-refractivity contribution < 1.29 is 17.9 Å². The molecule has 1 saturated heterocycles. The highest BCUT2D eigenvalue weighted by Gasteiger charge is 2.23. The minimum Gasteiger partial charge on any atom is -0.356 e. The Morgan fingerprint density at radius 3 is 2.86 bits per heavy atom. The zero-order valence-corrected chi connectivity index (χ0v) is 11.2. The Kier molecular flexibility index (Phi) is 3.60. The summed E-state index contributed by atoms with van der Waals surface area (Å²) in [5, 5.41) is 5.05. The van der Waals surface area contributed by atoms with Gasteiger partial charge in [-0.2, -0.15) is 18.3 Å². The Morgan fingerprint density at radius 2 is 2.14 bits per heavy atom. The summed E-state index contributed by atoms with van der Waals surface area (Å²) in [6, 6.07) is 4.92. The smallest absolute Gasteiger partial charge is 0.356 e. The minimum absolute atomic E-state index is 0.0941. The highest BCUT2D eigenvalue weighted by atomic mass is 19.4. The van der Waals surface area contributed by atoms with E-state index in [1.54, 1.807) is 29.1 Å². The Bertz CT molecular complexity index is 703. The zero-order chi connectivity index (χ0) is 14.9. The van der Waals surface area contributed by atoms with Gasteiger partial charge in [0.1, 0.15) is 0 Å². The van der Waals surface area contributed by atoms with E-state index < -0.39 is 6.18 Å². The molecule has 2 aromatic rings. The van der Waals surface area contributed by atoms with Gasteiger partial charge in [0, 0.05) is 23.5 Å². The van der Waals surface area contributed by atoms with E-state index in [1.807, 2.05) is 0 Å². The molecule has 3 rings (SSSR count). The summed E-state index contributed by atoms with van der Waals surface area (Å²) in [5.74, 6) is 3.39. The van der Waals surface area contributed by atoms with Crippen molar-refractivity contribution >= 4 is 10.9 Å². The monoisotopic (exact) mass is 294 g/mol. The second kappa shape index (κ2) is 5.41. The second-order valence-corrected chi connectivity index (χ2v) is 4.93. The molecule has 0 amide bonds. The van der Waals surface area contributed by atoms with Gasteiger partial charge in [-0.15, -0.1) is 0 Å². The van der Waals surface area contributed by atoms with Gasteiger partial charge in [0.25, 0.3) is 0 Å². The molecule has 1 aliphatic rings. The van der Waals surface area contributed by atoms with Gasteiger partial charge in [-0.1, -0.05) is 5.92 Å². The molecule has 1 unspecified atom stereocenters. The molecule has 0 spiro atoms. The molecule has 0 bridgehead atoms. The molecule has 3 nitrogen and oxygen atoms in total. The van der Waals surface area contributed by atoms with Crippen LogP contribution in [0.3, 0.4) is 0 Å². The van der Waals surface area contributed by atoms with Crippen LogP contribution in [0, 0.1) is 11.8 Å². The number of ether oxygens (including phenoxy) is 1. The van der Waals surface area contributed by atoms with Crippen LogP contribution in [-0.4, -0.2) is 22.6 Å². The molecule has 1 aromatic heterocycles. The van der Waals surface area contributed by atoms with Crippen molar-refractivity contribution in [3.8, 4) is 11.8 Å². The third kappa shape index (κ3) is 3.19. The Morgan fingerprint density at radius 1 is 1.29 bits per heavy atom. The maximum absolute atomic E-state index is 12.1. The number of rotatable bonds is 1. The number of benzene rings is 1. The molecule has 0 N–H and O–H groups in total. The number of nitrogens with zero attached hydrogens (tertiary/aromatic N) is 2. The van der Waals surface area contributed by atoms with Crippen LogP contribution < -0.4 is 0 Å². The topological polar surface area (TPSA) is 27.1 Å². The average molecular weight is 294 g/mol. The number of hydrogen-bond donors (Lipinski definition) is 0. The van der Waals surface area contributed by atoms with Gasteiger partial charge in [-0.05, 0) is 37.5 Å². The molecule has 110 valence electrons. The molecule has 1 atom stereocenters. The van der Waals surface area contributed by atoms with E-state index in [0.29, 0.717) is 12.2 Å². The van der Waals surface area contributed by atoms with Crippen molar-refractivity contribution in [1.82, 2.24) is 9.78 Å². The number of fused-ring (bicyclic) bond motifs is 1. The van der Waals surface area contributed by atoms with E-state index >= 15 is 0 Å². The fourth-order valence-electron chi connectivity index (χ4n) is 2.42. The molecular weight excluding hydrogens is 281 g/mol. The van der Waals surface area contributed by atoms with E-state index in [-0.39, 0.29) is 6.23 Å². The van der Waals surface area contributed by atoms with Crippen LogP contribution in [0.25, 0.3) is 10.9 Å². The average Bonchev–Trinajstić information content (AvgIpc) is 2.88. The SMILES string of the molecule is FC(F)(F)C#Cc1ccc2c(cnn2C2CCCCO2)c1. The van der Waals surface area contributed by atoms with Crippen molar-refractivity contribution in [3.05, 3.63) is 30.0 Å². The largest absolute Gasteiger partial charge is 0.458 e. The van der Waals surface area contributed by atoms with E-state index in [9.17, 15) is 13.2 Å². The first-order chi connectivity index (χ1) is 10.0. The first-order valence-corrected chi connectivity index (χ1v) is 6.72. The molecule has 6 heteroatoms. The normalized spacial score (nSPS) is 19.3. The molecular formula is C15H13F3N2O. The summed E-state index contributed by atoms with van der Waals surface area (Å²) < 4.78 is 43.8. The molecule has 21 heavy (non-hydrogen) atoms. The summed E-state index contributed by atoms with van der Waals surface area (Å²) in [7, 11) is 0. The first-order valence-electron chi connectivity index (χ1n) is 6.72. The first kappa shape index (κ1) is 14.0. The van der Waals surface area contributed by atoms with Crippen LogP contribution in [0.15, 0.2) is 24.4 Å². The van der Waals surface area contributed by atoms with E-state index in [2.05, 4.69) is 11.0 Å². The van der Waals surface area contributed by atoms with Gasteiger partial charge in [-0.25, -0.2) is 4.68 Å². The van der Waals surface area contributed by atoms with Gasteiger partial charge in [0.05, 0.1) is 11.7 Å². The lowest BCUT2D eigenvalue weighted by molar-refractivity contribution is -0.0696. The number of alkyl halides is 3. The third-order valence-electron chi connectivity index (χ3n) is 3.37. The standard InChI is InChI=1S/C15H13F3N2O/c16-15(17,18)7-6-11-4-5-13-12(9-11)10-19-20(13)14-3-1-2-8-21-14/h4-5,9-10,14H,1-3,8H2. The van der Waals surface area contributed by atoms with Crippen molar-refractivity contribution in [2.24, 2.45) is 0 Å². The van der Waals surface area contributed by atoms with Gasteiger partial charge >= 0.3 is 6.18 Å². The minimum atomic E-state index is -4.48. The van der Waals surface area contributed by atoms with Crippen LogP contribution in [-0.2, 0) is 4.74 Å². The summed E-state index contributed by atoms with van der Waals surface area (Å²) in [6.45, 7) is 0.709. The second-order valence-electron chi connectivity index (χ2n) is 4.93. The summed E-state index contributed by atoms with van der Waals surface area (Å²) in [5.41, 5.74) is 1.17. The Labute approximate surface area is 119 Å². The Hall–Kier alpha value is -2.00. The van der Waals surface area contributed by atoms with Crippen molar-refractivity contribution in [3.63, 3.8) is 0 Å². The maximum Gasteiger partial charge on any atom is 0.458 e. The van der Waals surface area contributed by atoms with E-state index in [0.717, 1.165) is 30.2 Å². The van der Waals surface area contributed by atoms with E-state index in [1.165, 1.54) is 5.92 Å². The molecule has 1 fully saturated rings. The van der Waals surface area contributed by atoms with Crippen molar-refractivity contribution in [2.75, 3.05) is 6.61 Å². The predicted octanol–water partition coefficient (Wildman–Crippen LogP) is 3.65. The van der Waals surface area contributed by atoms with Gasteiger partial charge in [0.2, 0.25) is 0 Å². The number of halogens is 3. The van der Waals surface area contributed by atoms with Crippen LogP contribution >= 0.6 is 0 Å². The quantitative estimate of drug-likeness (QED) is 0.751. The summed E-state index contributed by atoms with van der Waals surface area (Å²) >= 11 is 0. The fraction of sp³-hybridized carbons (Fsp3) is 0.400. The van der Waals surface area contributed by atoms with Crippen LogP contribution in [0.5, 0.6) is 0 Å². The van der Waals surface area contributed by atoms with Crippen LogP contribution in [0.4, 0.5) is 13.2 Å². The number of hydrogen-bond acceptors (Lipinski definition) is 2. The van der Waals surface area contributed by atoms with Crippen LogP contribution in [0.1, 0.15) is 31.1 Å². The lowest BCUT2D eigenvalue weighted by Crippen LogP contribution is -2.18. The summed E-state index contributed by atoms with van der Waals surface area (Å²) in [4.78, 5) is 0. The third-order valence-corrected chi connectivity index (χ3v) is 3.37. The highest BCUT2D eigenvalue weighted by molar-refractivity contribution is 5.80.